The quantitative estimate of drug-likeness (QED) is 0.905. The Morgan fingerprint density at radius 1 is 1.24 bits per heavy atom. The normalized spacial score (nSPS) is 15.8. The molecule has 1 aliphatic heterocycles. The van der Waals surface area contributed by atoms with Gasteiger partial charge in [0.15, 0.2) is 0 Å². The van der Waals surface area contributed by atoms with Gasteiger partial charge in [0, 0.05) is 36.1 Å². The van der Waals surface area contributed by atoms with Gasteiger partial charge in [-0.3, -0.25) is 9.59 Å². The van der Waals surface area contributed by atoms with Gasteiger partial charge in [-0.2, -0.15) is 0 Å². The highest BCUT2D eigenvalue weighted by molar-refractivity contribution is 9.10. The molecule has 0 spiro atoms. The van der Waals surface area contributed by atoms with E-state index in [4.69, 9.17) is 0 Å². The molecular weight excluding hydrogens is 332 g/mol. The van der Waals surface area contributed by atoms with Crippen molar-refractivity contribution in [2.45, 2.75) is 26.2 Å². The maximum absolute atomic E-state index is 12.0. The van der Waals surface area contributed by atoms with Gasteiger partial charge in [0.1, 0.15) is 0 Å². The summed E-state index contributed by atoms with van der Waals surface area (Å²) < 4.78 is 0.938. The minimum absolute atomic E-state index is 0.137. The fourth-order valence-electron chi connectivity index (χ4n) is 2.40. The van der Waals surface area contributed by atoms with Gasteiger partial charge in [0.2, 0.25) is 5.91 Å². The van der Waals surface area contributed by atoms with E-state index in [0.29, 0.717) is 24.4 Å². The van der Waals surface area contributed by atoms with E-state index in [-0.39, 0.29) is 11.8 Å². The van der Waals surface area contributed by atoms with Gasteiger partial charge in [0.05, 0.1) is 0 Å². The Labute approximate surface area is 134 Å². The SMILES string of the molecule is CC1CCN(C(=O)CCNC(=O)c2ccc(Br)cc2)CC1. The van der Waals surface area contributed by atoms with Gasteiger partial charge < -0.3 is 10.2 Å². The first-order valence-corrected chi connectivity index (χ1v) is 8.17. The van der Waals surface area contributed by atoms with E-state index >= 15 is 0 Å². The van der Waals surface area contributed by atoms with Crippen LogP contribution in [0.4, 0.5) is 0 Å². The molecule has 0 aromatic heterocycles. The Morgan fingerprint density at radius 3 is 2.48 bits per heavy atom. The third-order valence-electron chi connectivity index (χ3n) is 3.87. The summed E-state index contributed by atoms with van der Waals surface area (Å²) in [5.74, 6) is 0.715. The highest BCUT2D eigenvalue weighted by Gasteiger charge is 2.19. The van der Waals surface area contributed by atoms with E-state index < -0.39 is 0 Å². The molecule has 1 fully saturated rings. The lowest BCUT2D eigenvalue weighted by Gasteiger charge is -2.30. The van der Waals surface area contributed by atoms with Crippen LogP contribution in [0.1, 0.15) is 36.5 Å². The van der Waals surface area contributed by atoms with Crippen LogP contribution in [0.5, 0.6) is 0 Å². The predicted octanol–water partition coefficient (Wildman–Crippen LogP) is 2.83. The van der Waals surface area contributed by atoms with Crippen molar-refractivity contribution in [1.29, 1.82) is 0 Å². The van der Waals surface area contributed by atoms with E-state index in [1.54, 1.807) is 12.1 Å². The molecule has 0 saturated carbocycles. The minimum Gasteiger partial charge on any atom is -0.352 e. The Balaban J connectivity index is 1.72. The number of nitrogens with zero attached hydrogens (tertiary/aromatic N) is 1. The number of nitrogens with one attached hydrogen (secondary N) is 1. The van der Waals surface area contributed by atoms with E-state index in [1.165, 1.54) is 0 Å². The highest BCUT2D eigenvalue weighted by atomic mass is 79.9. The van der Waals surface area contributed by atoms with E-state index in [9.17, 15) is 9.59 Å². The lowest BCUT2D eigenvalue weighted by Crippen LogP contribution is -2.39. The van der Waals surface area contributed by atoms with E-state index in [2.05, 4.69) is 28.2 Å². The Bertz CT molecular complexity index is 494. The highest BCUT2D eigenvalue weighted by Crippen LogP contribution is 2.16. The van der Waals surface area contributed by atoms with Crippen molar-refractivity contribution < 1.29 is 9.59 Å². The molecular formula is C16H21BrN2O2. The molecule has 2 rings (SSSR count). The summed E-state index contributed by atoms with van der Waals surface area (Å²) in [6.45, 7) is 4.31. The number of hydrogen-bond acceptors (Lipinski definition) is 2. The lowest BCUT2D eigenvalue weighted by molar-refractivity contribution is -0.132. The van der Waals surface area contributed by atoms with Crippen molar-refractivity contribution >= 4 is 27.7 Å². The summed E-state index contributed by atoms with van der Waals surface area (Å²) in [6.07, 6.45) is 2.53. The molecule has 1 heterocycles. The maximum Gasteiger partial charge on any atom is 0.251 e. The molecule has 1 aromatic carbocycles. The number of hydrogen-bond donors (Lipinski definition) is 1. The van der Waals surface area contributed by atoms with Crippen LogP contribution in [0, 0.1) is 5.92 Å². The number of likely N-dealkylation sites (tertiary alicyclic amines) is 1. The second-order valence-electron chi connectivity index (χ2n) is 5.58. The van der Waals surface area contributed by atoms with Gasteiger partial charge in [-0.05, 0) is 43.0 Å². The number of carbonyl (C=O) groups is 2. The first kappa shape index (κ1) is 16.0. The molecule has 1 saturated heterocycles. The first-order valence-electron chi connectivity index (χ1n) is 7.38. The van der Waals surface area contributed by atoms with Crippen molar-refractivity contribution in [2.24, 2.45) is 5.92 Å². The summed E-state index contributed by atoms with van der Waals surface area (Å²) in [5, 5.41) is 2.80. The number of amides is 2. The third-order valence-corrected chi connectivity index (χ3v) is 4.40. The number of halogens is 1. The fourth-order valence-corrected chi connectivity index (χ4v) is 2.67. The van der Waals surface area contributed by atoms with Gasteiger partial charge in [-0.15, -0.1) is 0 Å². The van der Waals surface area contributed by atoms with Crippen molar-refractivity contribution in [3.63, 3.8) is 0 Å². The Morgan fingerprint density at radius 2 is 1.86 bits per heavy atom. The molecule has 4 nitrogen and oxygen atoms in total. The molecule has 0 bridgehead atoms. The molecule has 0 unspecified atom stereocenters. The summed E-state index contributed by atoms with van der Waals surface area (Å²) >= 11 is 3.33. The Hall–Kier alpha value is -1.36. The zero-order valence-corrected chi connectivity index (χ0v) is 13.9. The van der Waals surface area contributed by atoms with Crippen molar-refractivity contribution in [2.75, 3.05) is 19.6 Å². The monoisotopic (exact) mass is 352 g/mol. The summed E-state index contributed by atoms with van der Waals surface area (Å²) in [7, 11) is 0. The van der Waals surface area contributed by atoms with E-state index in [0.717, 1.165) is 30.4 Å². The van der Waals surface area contributed by atoms with Crippen LogP contribution >= 0.6 is 15.9 Å². The van der Waals surface area contributed by atoms with Gasteiger partial charge in [0.25, 0.3) is 5.91 Å². The lowest BCUT2D eigenvalue weighted by atomic mass is 9.99. The van der Waals surface area contributed by atoms with Gasteiger partial charge in [-0.1, -0.05) is 22.9 Å². The molecule has 114 valence electrons. The summed E-state index contributed by atoms with van der Waals surface area (Å²) in [6, 6.07) is 7.17. The number of piperidine rings is 1. The average Bonchev–Trinajstić information content (AvgIpc) is 2.48. The van der Waals surface area contributed by atoms with E-state index in [1.807, 2.05) is 17.0 Å². The van der Waals surface area contributed by atoms with Gasteiger partial charge >= 0.3 is 0 Å². The van der Waals surface area contributed by atoms with Crippen LogP contribution in [0.3, 0.4) is 0 Å². The standard InChI is InChI=1S/C16H21BrN2O2/c1-12-7-10-19(11-8-12)15(20)6-9-18-16(21)13-2-4-14(17)5-3-13/h2-5,12H,6-11H2,1H3,(H,18,21). The van der Waals surface area contributed by atoms with Gasteiger partial charge in [-0.25, -0.2) is 0 Å². The molecule has 0 radical (unpaired) electrons. The average molecular weight is 353 g/mol. The number of carbonyl (C=O) groups excluding carboxylic acids is 2. The smallest absolute Gasteiger partial charge is 0.251 e. The molecule has 21 heavy (non-hydrogen) atoms. The second-order valence-corrected chi connectivity index (χ2v) is 6.49. The van der Waals surface area contributed by atoms with Crippen LogP contribution in [-0.4, -0.2) is 36.3 Å². The first-order chi connectivity index (χ1) is 10.1. The molecule has 1 aliphatic rings. The van der Waals surface area contributed by atoms with Crippen LogP contribution in [0.15, 0.2) is 28.7 Å². The molecule has 1 N–H and O–H groups in total. The van der Waals surface area contributed by atoms with Crippen molar-refractivity contribution in [3.05, 3.63) is 34.3 Å². The zero-order chi connectivity index (χ0) is 15.2. The number of rotatable bonds is 4. The summed E-state index contributed by atoms with van der Waals surface area (Å²) in [5.41, 5.74) is 0.609. The predicted molar refractivity (Wildman–Crippen MR) is 86.1 cm³/mol. The van der Waals surface area contributed by atoms with Crippen LogP contribution in [0.2, 0.25) is 0 Å². The Kier molecular flexibility index (Phi) is 5.79. The topological polar surface area (TPSA) is 49.4 Å². The molecule has 0 aliphatic carbocycles. The summed E-state index contributed by atoms with van der Waals surface area (Å²) in [4.78, 5) is 25.8. The molecule has 0 atom stereocenters. The minimum atomic E-state index is -0.137. The van der Waals surface area contributed by atoms with Crippen molar-refractivity contribution in [3.8, 4) is 0 Å². The van der Waals surface area contributed by atoms with Crippen LogP contribution in [0.25, 0.3) is 0 Å². The molecule has 5 heteroatoms. The third kappa shape index (κ3) is 4.84. The second kappa shape index (κ2) is 7.59. The molecule has 2 amide bonds. The van der Waals surface area contributed by atoms with Crippen molar-refractivity contribution in [1.82, 2.24) is 10.2 Å². The maximum atomic E-state index is 12.0. The zero-order valence-electron chi connectivity index (χ0n) is 12.3. The van der Waals surface area contributed by atoms with Crippen LogP contribution < -0.4 is 5.32 Å². The van der Waals surface area contributed by atoms with Crippen LogP contribution in [-0.2, 0) is 4.79 Å². The molecule has 1 aromatic rings. The fraction of sp³-hybridized carbons (Fsp3) is 0.500. The number of benzene rings is 1. The largest absolute Gasteiger partial charge is 0.352 e.